The summed E-state index contributed by atoms with van der Waals surface area (Å²) in [5.41, 5.74) is 0. The van der Waals surface area contributed by atoms with Crippen molar-refractivity contribution in [1.29, 1.82) is 0 Å². The first kappa shape index (κ1) is 6.58. The van der Waals surface area contributed by atoms with E-state index in [9.17, 15) is 0 Å². The monoisotopic (exact) mass is 149 g/mol. The molecule has 1 aromatic heterocycles. The Balaban J connectivity index is 1.95. The maximum Gasteiger partial charge on any atom is 0.217 e. The Morgan fingerprint density at radius 2 is 2.45 bits per heavy atom. The number of hydrogen-bond acceptors (Lipinski definition) is 3. The van der Waals surface area contributed by atoms with Gasteiger partial charge in [-0.1, -0.05) is 0 Å². The fraction of sp³-hybridized carbons (Fsp3) is 0.500. The van der Waals surface area contributed by atoms with E-state index in [1.165, 1.54) is 12.7 Å². The van der Waals surface area contributed by atoms with Crippen molar-refractivity contribution in [3.8, 4) is 5.88 Å². The van der Waals surface area contributed by atoms with E-state index in [1.54, 1.807) is 6.07 Å². The predicted molar refractivity (Wildman–Crippen MR) is 39.1 cm³/mol. The summed E-state index contributed by atoms with van der Waals surface area (Å²) in [7, 11) is 0. The number of hydrogen-bond donors (Lipinski definition) is 0. The number of ether oxygens (including phenoxy) is 1. The van der Waals surface area contributed by atoms with Crippen molar-refractivity contribution in [2.75, 3.05) is 0 Å². The topological polar surface area (TPSA) is 35.0 Å². The van der Waals surface area contributed by atoms with Crippen LogP contribution in [0, 0.1) is 6.20 Å². The Morgan fingerprint density at radius 1 is 1.55 bits per heavy atom. The van der Waals surface area contributed by atoms with Gasteiger partial charge in [0.15, 0.2) is 0 Å². The molecular formula is C8H9N2O. The van der Waals surface area contributed by atoms with Crippen molar-refractivity contribution in [1.82, 2.24) is 9.97 Å². The number of rotatable bonds is 2. The van der Waals surface area contributed by atoms with Crippen molar-refractivity contribution >= 4 is 0 Å². The van der Waals surface area contributed by atoms with E-state index in [4.69, 9.17) is 4.74 Å². The molecule has 1 saturated carbocycles. The van der Waals surface area contributed by atoms with Crippen molar-refractivity contribution < 1.29 is 4.74 Å². The SMILES string of the molecule is [c]1cc(OC2CCC2)ncn1. The van der Waals surface area contributed by atoms with E-state index in [-0.39, 0.29) is 0 Å². The molecular weight excluding hydrogens is 140 g/mol. The van der Waals surface area contributed by atoms with Gasteiger partial charge in [0.05, 0.1) is 6.20 Å². The van der Waals surface area contributed by atoms with Gasteiger partial charge in [-0.05, 0) is 19.3 Å². The van der Waals surface area contributed by atoms with Crippen LogP contribution in [0.15, 0.2) is 12.4 Å². The minimum absolute atomic E-state index is 0.387. The highest BCUT2D eigenvalue weighted by molar-refractivity contribution is 5.04. The average molecular weight is 149 g/mol. The van der Waals surface area contributed by atoms with Gasteiger partial charge in [-0.2, -0.15) is 0 Å². The highest BCUT2D eigenvalue weighted by Gasteiger charge is 2.19. The van der Waals surface area contributed by atoms with Crippen LogP contribution < -0.4 is 4.74 Å². The molecule has 0 amide bonds. The van der Waals surface area contributed by atoms with Gasteiger partial charge in [0.2, 0.25) is 5.88 Å². The molecule has 3 nitrogen and oxygen atoms in total. The summed E-state index contributed by atoms with van der Waals surface area (Å²) in [6.45, 7) is 0. The first-order valence-corrected chi connectivity index (χ1v) is 3.80. The average Bonchev–Trinajstić information content (AvgIpc) is 1.99. The van der Waals surface area contributed by atoms with Crippen molar-refractivity contribution in [3.63, 3.8) is 0 Å². The lowest BCUT2D eigenvalue weighted by atomic mass is 9.96. The summed E-state index contributed by atoms with van der Waals surface area (Å²) < 4.78 is 5.47. The standard InChI is InChI=1S/C8H9N2O/c1-2-7(3-1)11-8-4-5-9-6-10-8/h4,6-7H,1-3H2. The quantitative estimate of drug-likeness (QED) is 0.634. The van der Waals surface area contributed by atoms with Gasteiger partial charge < -0.3 is 4.74 Å². The van der Waals surface area contributed by atoms with Gasteiger partial charge in [-0.15, -0.1) is 0 Å². The van der Waals surface area contributed by atoms with E-state index in [0.29, 0.717) is 12.0 Å². The van der Waals surface area contributed by atoms with Gasteiger partial charge in [0.1, 0.15) is 12.4 Å². The Labute approximate surface area is 65.4 Å². The molecule has 1 aliphatic rings. The van der Waals surface area contributed by atoms with Crippen molar-refractivity contribution in [2.45, 2.75) is 25.4 Å². The van der Waals surface area contributed by atoms with Crippen LogP contribution in [0.1, 0.15) is 19.3 Å². The minimum atomic E-state index is 0.387. The molecule has 0 aromatic carbocycles. The second kappa shape index (κ2) is 2.86. The van der Waals surface area contributed by atoms with Crippen LogP contribution in [-0.4, -0.2) is 16.1 Å². The summed E-state index contributed by atoms with van der Waals surface area (Å²) in [5.74, 6) is 0.643. The Hall–Kier alpha value is -1.12. The van der Waals surface area contributed by atoms with E-state index in [0.717, 1.165) is 12.8 Å². The van der Waals surface area contributed by atoms with Crippen LogP contribution in [0.25, 0.3) is 0 Å². The van der Waals surface area contributed by atoms with Gasteiger partial charge in [0, 0.05) is 6.07 Å². The zero-order chi connectivity index (χ0) is 7.52. The van der Waals surface area contributed by atoms with Crippen LogP contribution in [0.2, 0.25) is 0 Å². The molecule has 0 aliphatic heterocycles. The van der Waals surface area contributed by atoms with Crippen LogP contribution >= 0.6 is 0 Å². The van der Waals surface area contributed by atoms with Gasteiger partial charge in [-0.3, -0.25) is 0 Å². The van der Waals surface area contributed by atoms with Crippen molar-refractivity contribution in [2.24, 2.45) is 0 Å². The lowest BCUT2D eigenvalue weighted by Crippen LogP contribution is -2.24. The first-order chi connectivity index (χ1) is 5.45. The summed E-state index contributed by atoms with van der Waals surface area (Å²) >= 11 is 0. The highest BCUT2D eigenvalue weighted by Crippen LogP contribution is 2.22. The van der Waals surface area contributed by atoms with Crippen LogP contribution in [0.3, 0.4) is 0 Å². The van der Waals surface area contributed by atoms with Gasteiger partial charge >= 0.3 is 0 Å². The molecule has 1 aromatic rings. The second-order valence-corrected chi connectivity index (χ2v) is 2.66. The van der Waals surface area contributed by atoms with Crippen LogP contribution in [-0.2, 0) is 0 Å². The van der Waals surface area contributed by atoms with E-state index in [2.05, 4.69) is 16.2 Å². The molecule has 0 atom stereocenters. The third-order valence-corrected chi connectivity index (χ3v) is 1.84. The lowest BCUT2D eigenvalue weighted by molar-refractivity contribution is 0.114. The third kappa shape index (κ3) is 1.48. The maximum absolute atomic E-state index is 5.47. The van der Waals surface area contributed by atoms with E-state index < -0.39 is 0 Å². The summed E-state index contributed by atoms with van der Waals surface area (Å²) in [5, 5.41) is 0. The number of nitrogens with zero attached hydrogens (tertiary/aromatic N) is 2. The zero-order valence-electron chi connectivity index (χ0n) is 6.16. The molecule has 1 heterocycles. The van der Waals surface area contributed by atoms with E-state index in [1.807, 2.05) is 0 Å². The third-order valence-electron chi connectivity index (χ3n) is 1.84. The zero-order valence-corrected chi connectivity index (χ0v) is 6.16. The number of aromatic nitrogens is 2. The maximum atomic E-state index is 5.47. The summed E-state index contributed by atoms with van der Waals surface area (Å²) in [6, 6.07) is 1.66. The second-order valence-electron chi connectivity index (χ2n) is 2.66. The van der Waals surface area contributed by atoms with Crippen molar-refractivity contribution in [3.05, 3.63) is 18.6 Å². The Bertz CT molecular complexity index is 221. The lowest BCUT2D eigenvalue weighted by Gasteiger charge is -2.25. The fourth-order valence-corrected chi connectivity index (χ4v) is 0.973. The highest BCUT2D eigenvalue weighted by atomic mass is 16.5. The Kier molecular flexibility index (Phi) is 1.71. The van der Waals surface area contributed by atoms with Gasteiger partial charge in [-0.25, -0.2) is 9.97 Å². The predicted octanol–water partition coefficient (Wildman–Crippen LogP) is 1.21. The summed E-state index contributed by atoms with van der Waals surface area (Å²) in [4.78, 5) is 7.62. The molecule has 0 unspecified atom stereocenters. The normalized spacial score (nSPS) is 17.5. The molecule has 0 spiro atoms. The van der Waals surface area contributed by atoms with Crippen LogP contribution in [0.5, 0.6) is 5.88 Å². The molecule has 57 valence electrons. The van der Waals surface area contributed by atoms with E-state index >= 15 is 0 Å². The molecule has 0 saturated heterocycles. The largest absolute Gasteiger partial charge is 0.474 e. The molecule has 3 heteroatoms. The molecule has 0 bridgehead atoms. The van der Waals surface area contributed by atoms with Gasteiger partial charge in [0.25, 0.3) is 0 Å². The fourth-order valence-electron chi connectivity index (χ4n) is 0.973. The molecule has 2 rings (SSSR count). The molecule has 1 radical (unpaired) electrons. The molecule has 11 heavy (non-hydrogen) atoms. The molecule has 1 aliphatic carbocycles. The Morgan fingerprint density at radius 3 is 3.00 bits per heavy atom. The smallest absolute Gasteiger partial charge is 0.217 e. The molecule has 0 N–H and O–H groups in total. The first-order valence-electron chi connectivity index (χ1n) is 3.80. The molecule has 1 fully saturated rings. The summed E-state index contributed by atoms with van der Waals surface area (Å²) in [6.07, 6.45) is 8.11. The minimum Gasteiger partial charge on any atom is -0.474 e. The van der Waals surface area contributed by atoms with Crippen LogP contribution in [0.4, 0.5) is 0 Å².